The molecule has 7 amide bonds. The second-order valence-electron chi connectivity index (χ2n) is 33.0. The highest BCUT2D eigenvalue weighted by Gasteiger charge is 2.53. The SMILES string of the molecule is CCCOC(=O)[C@H]1NC(=O)[C@H]2NC(=O)[C@H](NC(=O)[C@@H]3NC(=O)[C@H](CC(N)=O)NC(=O)[C@H](NC(=O)[C@@H](CC(C)O)NC)[C@H](O)c4ccc(c(Cl)c4)Oc4cc3cc(c4O[C@@H]3O[C@H](CO)[C@@H](O)[C@H](O)[C@H]3O[C@H]3C[C@](C)(NCc4ccc(-c5ccc(Cl)cc5)cc4)[C@@H](O)[C@H](C)O3)Oc3ccc(cc3Cl)[C@H]2O[C@H]2C[C@](C)(N)[C@@H](O)[C@H](C)O2)c2ccc(O)c(c2)-c2c(O)cc(O)cc21. The van der Waals surface area contributed by atoms with Crippen LogP contribution in [0.3, 0.4) is 0 Å². The van der Waals surface area contributed by atoms with Gasteiger partial charge in [0.05, 0.1) is 66.2 Å². The van der Waals surface area contributed by atoms with Crippen molar-refractivity contribution < 1.29 is 132 Å². The number of halogens is 3. The van der Waals surface area contributed by atoms with Crippen molar-refractivity contribution in [3.05, 3.63) is 176 Å². The van der Waals surface area contributed by atoms with Gasteiger partial charge in [0.25, 0.3) is 0 Å². The summed E-state index contributed by atoms with van der Waals surface area (Å²) < 4.78 is 58.8. The standard InChI is InChI=1S/C88H101Cl3N10O27/c1-8-23-120-85(119)68-50-30-48(104)31-56(106)65(50)49-25-43(15-20-55(49)105)66-81(115)101-70(84(118)99-68)74(126-63-33-87(5,93)77(111)38(3)121-63)45-17-22-58(52(91)27-45)124-60-29-46-28-59(123-57-21-16-44(26-51(57)90)71(108)69(100-79(113)53(94-7)24-37(2)103)83(117)96-54(32-62(92)107)80(114)97-67(46)82(116)98-66)75(60)128-86-76(73(110)72(109)61(36-102)125-86)127-64-34-88(6,78(112)39(4)122-64)95-35-40-9-11-41(12-10-40)42-13-18-47(89)19-14-42/h9-22,25-31,37-39,53-54,61,63-64,66-74,76-78,86,94-95,102-106,108-112H,8,23-24,32-36,93H2,1-7H3,(H2,92,107)(H,96,117)(H,97,114)(H,98,116)(H,99,118)(H,100,113)(H,101,115)/t37?,38-,39-,53+,54-,61+,63-,64-,66+,67+,68-,69+,70-,71+,72+,73-,74+,76+,77-,78-,86-,87-,88-/m0/s1. The first-order valence-corrected chi connectivity index (χ1v) is 42.4. The molecule has 3 saturated heterocycles. The fourth-order valence-corrected chi connectivity index (χ4v) is 16.9. The number of hydrogen-bond acceptors (Lipinski definition) is 30. The minimum atomic E-state index is -2.41. The fraction of sp³-hybridized carbons (Fsp3) is 0.432. The fourth-order valence-electron chi connectivity index (χ4n) is 16.3. The number of primary amides is 1. The maximum Gasteiger partial charge on any atom is 0.333 e. The number of likely N-dealkylation sites (N-methyl/N-ethyl adjacent to an activating group) is 1. The third kappa shape index (κ3) is 21.0. The summed E-state index contributed by atoms with van der Waals surface area (Å²) in [7, 11) is 1.37. The molecule has 3 fully saturated rings. The second-order valence-corrected chi connectivity index (χ2v) is 34.3. The number of phenolic OH excluding ortho intramolecular Hbond substituents is 3. The van der Waals surface area contributed by atoms with Crippen LogP contribution in [0.1, 0.15) is 137 Å². The topological polar surface area (TPSA) is 570 Å². The molecule has 37 nitrogen and oxygen atoms in total. The molecule has 7 aromatic carbocycles. The van der Waals surface area contributed by atoms with Crippen molar-refractivity contribution >= 4 is 82.1 Å². The number of nitrogens with one attached hydrogen (secondary N) is 8. The first-order valence-electron chi connectivity index (χ1n) is 41.2. The highest BCUT2D eigenvalue weighted by atomic mass is 35.5. The number of hydrogen-bond donors (Lipinski definition) is 20. The molecule has 7 aromatic rings. The van der Waals surface area contributed by atoms with Crippen molar-refractivity contribution in [2.24, 2.45) is 11.5 Å². The van der Waals surface area contributed by atoms with E-state index in [1.165, 1.54) is 58.2 Å². The Morgan fingerprint density at radius 3 is 1.87 bits per heavy atom. The Balaban J connectivity index is 1.02. The lowest BCUT2D eigenvalue weighted by atomic mass is 9.84. The van der Waals surface area contributed by atoms with Crippen LogP contribution in [-0.2, 0) is 73.3 Å². The van der Waals surface area contributed by atoms with Gasteiger partial charge in [0.2, 0.25) is 53.4 Å². The summed E-state index contributed by atoms with van der Waals surface area (Å²) in [6, 6.07) is 14.7. The Hall–Kier alpha value is -10.6. The summed E-state index contributed by atoms with van der Waals surface area (Å²) in [4.78, 5) is 122. The van der Waals surface area contributed by atoms with Crippen LogP contribution in [0, 0.1) is 0 Å². The molecule has 8 aliphatic heterocycles. The number of ether oxygens (including phenoxy) is 9. The van der Waals surface area contributed by atoms with Gasteiger partial charge in [0.1, 0.15) is 89.5 Å². The maximum atomic E-state index is 16.6. The predicted molar refractivity (Wildman–Crippen MR) is 456 cm³/mol. The van der Waals surface area contributed by atoms with Crippen LogP contribution in [0.5, 0.6) is 46.0 Å². The minimum absolute atomic E-state index is 0.130. The predicted octanol–water partition coefficient (Wildman–Crippen LogP) is 4.09. The summed E-state index contributed by atoms with van der Waals surface area (Å²) in [5.74, 6) is -15.4. The zero-order chi connectivity index (χ0) is 92.4. The van der Waals surface area contributed by atoms with Gasteiger partial charge < -0.3 is 148 Å². The van der Waals surface area contributed by atoms with Crippen molar-refractivity contribution in [3.63, 3.8) is 0 Å². The number of aliphatic hydroxyl groups is 7. The van der Waals surface area contributed by atoms with Crippen LogP contribution < -0.4 is 68.2 Å². The molecule has 0 aromatic heterocycles. The molecule has 8 heterocycles. The molecule has 23 atom stereocenters. The number of esters is 1. The first kappa shape index (κ1) is 95.0. The molecule has 8 aliphatic rings. The smallest absolute Gasteiger partial charge is 0.333 e. The van der Waals surface area contributed by atoms with Crippen molar-refractivity contribution in [3.8, 4) is 68.2 Å². The number of nitrogens with two attached hydrogens (primary N) is 2. The van der Waals surface area contributed by atoms with Crippen LogP contribution in [-0.4, -0.2) is 228 Å². The molecule has 0 aliphatic carbocycles. The number of aliphatic hydroxyl groups excluding tert-OH is 7. The van der Waals surface area contributed by atoms with E-state index in [-0.39, 0.29) is 61.3 Å². The largest absolute Gasteiger partial charge is 0.508 e. The zero-order valence-electron chi connectivity index (χ0n) is 70.1. The van der Waals surface area contributed by atoms with E-state index in [1.54, 1.807) is 32.9 Å². The zero-order valence-corrected chi connectivity index (χ0v) is 72.4. The average Bonchev–Trinajstić information content (AvgIpc) is 0.761. The van der Waals surface area contributed by atoms with Crippen LogP contribution >= 0.6 is 34.8 Å². The van der Waals surface area contributed by atoms with Gasteiger partial charge in [0.15, 0.2) is 36.2 Å². The Kier molecular flexibility index (Phi) is 29.5. The Labute approximate surface area is 748 Å². The van der Waals surface area contributed by atoms with Crippen LogP contribution in [0.15, 0.2) is 127 Å². The number of rotatable bonds is 21. The molecule has 11 bridgehead atoms. The quantitative estimate of drug-likeness (QED) is 0.0450. The Morgan fingerprint density at radius 1 is 0.648 bits per heavy atom. The monoisotopic (exact) mass is 1830 g/mol. The number of fused-ring (bicyclic) bond motifs is 15. The average molecular weight is 1840 g/mol. The lowest BCUT2D eigenvalue weighted by Crippen LogP contribution is -2.65. The van der Waals surface area contributed by atoms with E-state index in [0.717, 1.165) is 65.2 Å². The van der Waals surface area contributed by atoms with E-state index in [4.69, 9.17) is 88.9 Å². The highest BCUT2D eigenvalue weighted by Crippen LogP contribution is 2.51. The van der Waals surface area contributed by atoms with E-state index < -0.39 is 272 Å². The van der Waals surface area contributed by atoms with Crippen LogP contribution in [0.25, 0.3) is 22.3 Å². The van der Waals surface area contributed by atoms with E-state index in [0.29, 0.717) is 5.02 Å². The maximum absolute atomic E-state index is 16.6. The van der Waals surface area contributed by atoms with E-state index in [2.05, 4.69) is 42.5 Å². The van der Waals surface area contributed by atoms with Gasteiger partial charge in [-0.1, -0.05) is 96.3 Å². The Morgan fingerprint density at radius 2 is 1.25 bits per heavy atom. The summed E-state index contributed by atoms with van der Waals surface area (Å²) in [5.41, 5.74) is 9.96. The number of aromatic hydroxyl groups is 3. The third-order valence-electron chi connectivity index (χ3n) is 23.2. The minimum Gasteiger partial charge on any atom is -0.508 e. The molecule has 0 spiro atoms. The summed E-state index contributed by atoms with van der Waals surface area (Å²) in [5, 5.41) is 138. The lowest BCUT2D eigenvalue weighted by molar-refractivity contribution is -0.334. The molecule has 0 radical (unpaired) electrons. The second kappa shape index (κ2) is 39.8. The van der Waals surface area contributed by atoms with Crippen LogP contribution in [0.2, 0.25) is 15.1 Å². The lowest BCUT2D eigenvalue weighted by Gasteiger charge is -2.48. The molecular weight excluding hydrogens is 1740 g/mol. The number of phenols is 3. The summed E-state index contributed by atoms with van der Waals surface area (Å²) in [6.07, 6.45) is -24.3. The van der Waals surface area contributed by atoms with Crippen LogP contribution in [0.4, 0.5) is 0 Å². The van der Waals surface area contributed by atoms with Crippen molar-refractivity contribution in [1.82, 2.24) is 42.5 Å². The van der Waals surface area contributed by atoms with Crippen molar-refractivity contribution in [2.45, 2.75) is 220 Å². The highest BCUT2D eigenvalue weighted by molar-refractivity contribution is 6.32. The molecule has 40 heteroatoms. The van der Waals surface area contributed by atoms with Gasteiger partial charge in [-0.15, -0.1) is 0 Å². The third-order valence-corrected chi connectivity index (χ3v) is 24.1. The number of amides is 7. The molecule has 686 valence electrons. The van der Waals surface area contributed by atoms with Crippen molar-refractivity contribution in [1.29, 1.82) is 0 Å². The molecule has 128 heavy (non-hydrogen) atoms. The summed E-state index contributed by atoms with van der Waals surface area (Å²) in [6.45, 7) is 8.23. The summed E-state index contributed by atoms with van der Waals surface area (Å²) >= 11 is 20.9. The van der Waals surface area contributed by atoms with Gasteiger partial charge in [-0.3, -0.25) is 33.6 Å². The van der Waals surface area contributed by atoms with E-state index >= 15 is 24.0 Å². The van der Waals surface area contributed by atoms with E-state index in [1.807, 2.05) is 36.4 Å². The van der Waals surface area contributed by atoms with Gasteiger partial charge in [-0.25, -0.2) is 4.79 Å². The van der Waals surface area contributed by atoms with Crippen molar-refractivity contribution in [2.75, 3.05) is 20.3 Å². The first-order chi connectivity index (χ1) is 60.7. The normalized spacial score (nSPS) is 29.5. The van der Waals surface area contributed by atoms with Gasteiger partial charge in [-0.05, 0) is 160 Å². The molecule has 0 saturated carbocycles. The molecule has 15 rings (SSSR count). The van der Waals surface area contributed by atoms with Gasteiger partial charge in [0, 0.05) is 58.2 Å². The number of benzene rings is 7. The van der Waals surface area contributed by atoms with Gasteiger partial charge in [-0.2, -0.15) is 0 Å². The molecular formula is C88H101Cl3N10O27. The van der Waals surface area contributed by atoms with E-state index in [9.17, 15) is 65.4 Å². The number of carbonyl (C=O) groups excluding carboxylic acids is 8. The Bertz CT molecular complexity index is 5310. The molecule has 1 unspecified atom stereocenters. The number of carbonyl (C=O) groups is 8. The van der Waals surface area contributed by atoms with Gasteiger partial charge >= 0.3 is 5.97 Å². The molecule has 22 N–H and O–H groups in total.